The second kappa shape index (κ2) is 7.09. The molecular formula is C20H18ClNO3S. The number of sulfone groups is 1. The lowest BCUT2D eigenvalue weighted by atomic mass is 10.0. The van der Waals surface area contributed by atoms with Crippen molar-refractivity contribution in [1.82, 2.24) is 5.32 Å². The van der Waals surface area contributed by atoms with Gasteiger partial charge in [0.15, 0.2) is 9.84 Å². The summed E-state index contributed by atoms with van der Waals surface area (Å²) in [5, 5.41) is 5.30. The molecule has 0 aliphatic rings. The molecule has 1 atom stereocenters. The van der Waals surface area contributed by atoms with Gasteiger partial charge in [-0.1, -0.05) is 48.0 Å². The summed E-state index contributed by atoms with van der Waals surface area (Å²) < 4.78 is 23.4. The molecule has 1 N–H and O–H groups in total. The highest BCUT2D eigenvalue weighted by molar-refractivity contribution is 7.90. The number of hydrogen-bond acceptors (Lipinski definition) is 3. The highest BCUT2D eigenvalue weighted by Crippen LogP contribution is 2.23. The van der Waals surface area contributed by atoms with Gasteiger partial charge in [-0.2, -0.15) is 0 Å². The molecule has 0 bridgehead atoms. The number of rotatable bonds is 4. The van der Waals surface area contributed by atoms with Crippen LogP contribution in [0.25, 0.3) is 10.8 Å². The summed E-state index contributed by atoms with van der Waals surface area (Å²) in [5.41, 5.74) is 1.09. The normalized spacial score (nSPS) is 12.7. The van der Waals surface area contributed by atoms with Gasteiger partial charge in [-0.25, -0.2) is 8.42 Å². The predicted molar refractivity (Wildman–Crippen MR) is 104 cm³/mol. The Morgan fingerprint density at radius 2 is 1.69 bits per heavy atom. The predicted octanol–water partition coefficient (Wildman–Crippen LogP) is 4.39. The second-order valence-electron chi connectivity index (χ2n) is 6.22. The number of benzene rings is 3. The largest absolute Gasteiger partial charge is 0.345 e. The molecule has 0 fully saturated rings. The molecule has 3 rings (SSSR count). The van der Waals surface area contributed by atoms with Crippen LogP contribution >= 0.6 is 11.6 Å². The van der Waals surface area contributed by atoms with E-state index in [9.17, 15) is 13.2 Å². The lowest BCUT2D eigenvalue weighted by molar-refractivity contribution is 0.0940. The summed E-state index contributed by atoms with van der Waals surface area (Å²) in [6, 6.07) is 17.8. The second-order valence-corrected chi connectivity index (χ2v) is 8.64. The van der Waals surface area contributed by atoms with E-state index in [1.165, 1.54) is 18.2 Å². The standard InChI is InChI=1S/C20H18ClNO3S/c1-13(15-8-7-14-5-3-4-6-16(14)11-15)22-20(23)18-12-17(26(2,24)25)9-10-19(18)21/h3-13H,1-2H3,(H,22,23). The Morgan fingerprint density at radius 3 is 2.38 bits per heavy atom. The van der Waals surface area contributed by atoms with Gasteiger partial charge in [-0.3, -0.25) is 4.79 Å². The SMILES string of the molecule is CC(NC(=O)c1cc(S(C)(=O)=O)ccc1Cl)c1ccc2ccccc2c1. The fraction of sp³-hybridized carbons (Fsp3) is 0.150. The molecule has 6 heteroatoms. The van der Waals surface area contributed by atoms with Gasteiger partial charge >= 0.3 is 0 Å². The number of nitrogens with one attached hydrogen (secondary N) is 1. The van der Waals surface area contributed by atoms with E-state index >= 15 is 0 Å². The van der Waals surface area contributed by atoms with Crippen LogP contribution in [0.1, 0.15) is 28.9 Å². The molecule has 4 nitrogen and oxygen atoms in total. The minimum Gasteiger partial charge on any atom is -0.345 e. The Balaban J connectivity index is 1.87. The number of carbonyl (C=O) groups is 1. The molecule has 1 amide bonds. The molecule has 0 radical (unpaired) electrons. The van der Waals surface area contributed by atoms with Crippen LogP contribution in [0.4, 0.5) is 0 Å². The van der Waals surface area contributed by atoms with E-state index in [-0.39, 0.29) is 21.5 Å². The molecule has 0 saturated heterocycles. The summed E-state index contributed by atoms with van der Waals surface area (Å²) in [6.45, 7) is 1.87. The average Bonchev–Trinajstić information content (AvgIpc) is 2.60. The van der Waals surface area contributed by atoms with E-state index in [2.05, 4.69) is 5.32 Å². The Kier molecular flexibility index (Phi) is 5.03. The molecule has 0 spiro atoms. The fourth-order valence-corrected chi connectivity index (χ4v) is 3.59. The first-order valence-corrected chi connectivity index (χ1v) is 10.3. The topological polar surface area (TPSA) is 63.2 Å². The number of fused-ring (bicyclic) bond motifs is 1. The van der Waals surface area contributed by atoms with Crippen LogP contribution in [0.2, 0.25) is 5.02 Å². The van der Waals surface area contributed by atoms with E-state index in [1.807, 2.05) is 49.4 Å². The van der Waals surface area contributed by atoms with E-state index < -0.39 is 15.7 Å². The van der Waals surface area contributed by atoms with Crippen molar-refractivity contribution in [3.8, 4) is 0 Å². The summed E-state index contributed by atoms with van der Waals surface area (Å²) in [5.74, 6) is -0.416. The summed E-state index contributed by atoms with van der Waals surface area (Å²) in [4.78, 5) is 12.7. The zero-order valence-electron chi connectivity index (χ0n) is 14.4. The maximum atomic E-state index is 12.6. The lowest BCUT2D eigenvalue weighted by Crippen LogP contribution is -2.27. The van der Waals surface area contributed by atoms with E-state index in [0.29, 0.717) is 0 Å². The molecule has 0 saturated carbocycles. The Morgan fingerprint density at radius 1 is 1.00 bits per heavy atom. The maximum Gasteiger partial charge on any atom is 0.253 e. The van der Waals surface area contributed by atoms with Crippen molar-refractivity contribution in [3.05, 3.63) is 76.8 Å². The van der Waals surface area contributed by atoms with Crippen molar-refractivity contribution in [2.24, 2.45) is 0 Å². The molecule has 134 valence electrons. The highest BCUT2D eigenvalue weighted by Gasteiger charge is 2.17. The maximum absolute atomic E-state index is 12.6. The first-order valence-electron chi connectivity index (χ1n) is 8.05. The van der Waals surface area contributed by atoms with Crippen LogP contribution in [0.3, 0.4) is 0 Å². The number of carbonyl (C=O) groups excluding carboxylic acids is 1. The Bertz CT molecular complexity index is 1090. The van der Waals surface area contributed by atoms with Crippen LogP contribution in [0, 0.1) is 0 Å². The van der Waals surface area contributed by atoms with Gasteiger partial charge in [0.2, 0.25) is 0 Å². The van der Waals surface area contributed by atoms with E-state index in [0.717, 1.165) is 22.6 Å². The van der Waals surface area contributed by atoms with E-state index in [4.69, 9.17) is 11.6 Å². The smallest absolute Gasteiger partial charge is 0.253 e. The van der Waals surface area contributed by atoms with Crippen molar-refractivity contribution in [3.63, 3.8) is 0 Å². The zero-order chi connectivity index (χ0) is 18.9. The Labute approximate surface area is 157 Å². The van der Waals surface area contributed by atoms with Crippen LogP contribution in [-0.4, -0.2) is 20.6 Å². The van der Waals surface area contributed by atoms with E-state index in [1.54, 1.807) is 0 Å². The summed E-state index contributed by atoms with van der Waals surface area (Å²) in [6.07, 6.45) is 1.09. The Hall–Kier alpha value is -2.37. The van der Waals surface area contributed by atoms with Gasteiger partial charge in [-0.15, -0.1) is 0 Å². The molecule has 26 heavy (non-hydrogen) atoms. The first-order chi connectivity index (χ1) is 12.3. The molecule has 3 aromatic carbocycles. The van der Waals surface area contributed by atoms with Crippen LogP contribution in [0.15, 0.2) is 65.6 Å². The minimum absolute atomic E-state index is 0.0606. The van der Waals surface area contributed by atoms with Gasteiger partial charge < -0.3 is 5.32 Å². The lowest BCUT2D eigenvalue weighted by Gasteiger charge is -2.16. The van der Waals surface area contributed by atoms with Crippen molar-refractivity contribution < 1.29 is 13.2 Å². The van der Waals surface area contributed by atoms with Crippen molar-refractivity contribution in [2.45, 2.75) is 17.9 Å². The molecule has 0 aliphatic heterocycles. The van der Waals surface area contributed by atoms with Gasteiger partial charge in [0, 0.05) is 6.26 Å². The van der Waals surface area contributed by atoms with Crippen LogP contribution in [-0.2, 0) is 9.84 Å². The quantitative estimate of drug-likeness (QED) is 0.722. The summed E-state index contributed by atoms with van der Waals surface area (Å²) in [7, 11) is -3.42. The third-order valence-electron chi connectivity index (χ3n) is 4.23. The number of amides is 1. The molecule has 3 aromatic rings. The fourth-order valence-electron chi connectivity index (χ4n) is 2.74. The summed E-state index contributed by atoms with van der Waals surface area (Å²) >= 11 is 6.09. The number of hydrogen-bond donors (Lipinski definition) is 1. The van der Waals surface area contributed by atoms with Crippen LogP contribution in [0.5, 0.6) is 0 Å². The molecule has 0 heterocycles. The molecule has 0 aromatic heterocycles. The van der Waals surface area contributed by atoms with Crippen LogP contribution < -0.4 is 5.32 Å². The molecular weight excluding hydrogens is 370 g/mol. The molecule has 1 unspecified atom stereocenters. The third-order valence-corrected chi connectivity index (χ3v) is 5.67. The minimum atomic E-state index is -3.42. The average molecular weight is 388 g/mol. The van der Waals surface area contributed by atoms with Gasteiger partial charge in [0.05, 0.1) is 21.5 Å². The molecule has 0 aliphatic carbocycles. The van der Waals surface area contributed by atoms with Crippen molar-refractivity contribution >= 4 is 38.1 Å². The highest BCUT2D eigenvalue weighted by atomic mass is 35.5. The van der Waals surface area contributed by atoms with Gasteiger partial charge in [0.1, 0.15) is 0 Å². The first kappa shape index (κ1) is 18.4. The zero-order valence-corrected chi connectivity index (χ0v) is 15.9. The van der Waals surface area contributed by atoms with Gasteiger partial charge in [0.25, 0.3) is 5.91 Å². The monoisotopic (exact) mass is 387 g/mol. The number of halogens is 1. The van der Waals surface area contributed by atoms with Gasteiger partial charge in [-0.05, 0) is 47.5 Å². The van der Waals surface area contributed by atoms with Crippen molar-refractivity contribution in [1.29, 1.82) is 0 Å². The third kappa shape index (κ3) is 3.89. The van der Waals surface area contributed by atoms with Crippen molar-refractivity contribution in [2.75, 3.05) is 6.26 Å².